The lowest BCUT2D eigenvalue weighted by molar-refractivity contribution is 0.532. The van der Waals surface area contributed by atoms with Crippen molar-refractivity contribution >= 4 is 21.6 Å². The molecule has 5 nitrogen and oxygen atoms in total. The molecule has 0 aliphatic heterocycles. The Labute approximate surface area is 109 Å². The first-order valence-electron chi connectivity index (χ1n) is 5.86. The van der Waals surface area contributed by atoms with Gasteiger partial charge >= 0.3 is 0 Å². The number of nitrogens with zero attached hydrogens (tertiary/aromatic N) is 2. The van der Waals surface area contributed by atoms with Crippen molar-refractivity contribution in [3.8, 4) is 0 Å². The van der Waals surface area contributed by atoms with E-state index < -0.39 is 0 Å². The van der Waals surface area contributed by atoms with E-state index in [1.807, 2.05) is 7.05 Å². The molecular weight excluding hydrogens is 284 g/mol. The van der Waals surface area contributed by atoms with Crippen molar-refractivity contribution in [2.24, 2.45) is 5.92 Å². The number of hydrogen-bond acceptors (Lipinski definition) is 4. The molecule has 94 valence electrons. The minimum atomic E-state index is -0.0497. The van der Waals surface area contributed by atoms with Gasteiger partial charge in [0.25, 0.3) is 5.56 Å². The van der Waals surface area contributed by atoms with Gasteiger partial charge in [-0.1, -0.05) is 0 Å². The zero-order valence-corrected chi connectivity index (χ0v) is 11.5. The van der Waals surface area contributed by atoms with E-state index in [1.165, 1.54) is 12.8 Å². The minimum Gasteiger partial charge on any atom is -0.381 e. The number of anilines is 1. The third-order valence-corrected chi connectivity index (χ3v) is 3.57. The average molecular weight is 301 g/mol. The fourth-order valence-electron chi connectivity index (χ4n) is 1.59. The third-order valence-electron chi connectivity index (χ3n) is 2.80. The molecule has 0 spiro atoms. The Hall–Kier alpha value is -0.880. The van der Waals surface area contributed by atoms with Gasteiger partial charge in [0.2, 0.25) is 0 Å². The van der Waals surface area contributed by atoms with Gasteiger partial charge in [0, 0.05) is 19.6 Å². The van der Waals surface area contributed by atoms with Crippen molar-refractivity contribution in [1.82, 2.24) is 15.1 Å². The highest BCUT2D eigenvalue weighted by Gasteiger charge is 2.23. The Kier molecular flexibility index (Phi) is 4.17. The predicted molar refractivity (Wildman–Crippen MR) is 71.3 cm³/mol. The van der Waals surface area contributed by atoms with Crippen LogP contribution in [-0.4, -0.2) is 29.9 Å². The van der Waals surface area contributed by atoms with Crippen LogP contribution < -0.4 is 16.2 Å². The molecule has 1 aromatic heterocycles. The van der Waals surface area contributed by atoms with E-state index in [9.17, 15) is 4.79 Å². The first-order valence-corrected chi connectivity index (χ1v) is 6.65. The summed E-state index contributed by atoms with van der Waals surface area (Å²) in [5.74, 6) is 0.648. The van der Waals surface area contributed by atoms with Gasteiger partial charge in [0.15, 0.2) is 0 Å². The standard InChI is InChI=1S/C11H17BrN4O/c1-13-4-5-14-9-6-15-16(7-8-2-3-8)11(17)10(9)12/h6,8,13-14H,2-5,7H2,1H3. The van der Waals surface area contributed by atoms with E-state index in [4.69, 9.17) is 0 Å². The van der Waals surface area contributed by atoms with Crippen molar-refractivity contribution in [3.63, 3.8) is 0 Å². The Balaban J connectivity index is 2.08. The summed E-state index contributed by atoms with van der Waals surface area (Å²) < 4.78 is 2.12. The molecule has 0 unspecified atom stereocenters. The Morgan fingerprint density at radius 1 is 1.53 bits per heavy atom. The molecule has 1 aliphatic carbocycles. The summed E-state index contributed by atoms with van der Waals surface area (Å²) >= 11 is 3.34. The maximum Gasteiger partial charge on any atom is 0.283 e. The van der Waals surface area contributed by atoms with Gasteiger partial charge < -0.3 is 10.6 Å². The largest absolute Gasteiger partial charge is 0.381 e. The van der Waals surface area contributed by atoms with Crippen molar-refractivity contribution < 1.29 is 0 Å². The lowest BCUT2D eigenvalue weighted by atomic mass is 10.4. The van der Waals surface area contributed by atoms with Gasteiger partial charge in [0.05, 0.1) is 11.9 Å². The normalized spacial score (nSPS) is 14.9. The summed E-state index contributed by atoms with van der Waals surface area (Å²) in [5.41, 5.74) is 0.712. The first-order chi connectivity index (χ1) is 8.22. The van der Waals surface area contributed by atoms with Crippen LogP contribution in [0.3, 0.4) is 0 Å². The van der Waals surface area contributed by atoms with Gasteiger partial charge in [-0.05, 0) is 41.7 Å². The highest BCUT2D eigenvalue weighted by atomic mass is 79.9. The fourth-order valence-corrected chi connectivity index (χ4v) is 2.03. The van der Waals surface area contributed by atoms with Crippen LogP contribution in [0.2, 0.25) is 0 Å². The molecule has 1 fully saturated rings. The van der Waals surface area contributed by atoms with Crippen LogP contribution in [0.4, 0.5) is 5.69 Å². The quantitative estimate of drug-likeness (QED) is 0.771. The molecule has 17 heavy (non-hydrogen) atoms. The van der Waals surface area contributed by atoms with Crippen LogP contribution >= 0.6 is 15.9 Å². The summed E-state index contributed by atoms with van der Waals surface area (Å²) in [7, 11) is 1.89. The molecule has 1 aromatic rings. The lowest BCUT2D eigenvalue weighted by Gasteiger charge is -2.09. The van der Waals surface area contributed by atoms with Gasteiger partial charge in [-0.3, -0.25) is 4.79 Å². The summed E-state index contributed by atoms with van der Waals surface area (Å²) in [5, 5.41) is 10.4. The van der Waals surface area contributed by atoms with E-state index in [-0.39, 0.29) is 5.56 Å². The second kappa shape index (κ2) is 5.64. The van der Waals surface area contributed by atoms with Gasteiger partial charge in [-0.15, -0.1) is 0 Å². The first kappa shape index (κ1) is 12.6. The van der Waals surface area contributed by atoms with Crippen molar-refractivity contribution in [3.05, 3.63) is 21.0 Å². The Morgan fingerprint density at radius 2 is 2.29 bits per heavy atom. The molecular formula is C11H17BrN4O. The van der Waals surface area contributed by atoms with Crippen molar-refractivity contribution in [2.75, 3.05) is 25.5 Å². The van der Waals surface area contributed by atoms with Crippen LogP contribution in [0.15, 0.2) is 15.5 Å². The number of halogens is 1. The van der Waals surface area contributed by atoms with E-state index in [2.05, 4.69) is 31.7 Å². The third kappa shape index (κ3) is 3.29. The molecule has 2 rings (SSSR count). The zero-order valence-electron chi connectivity index (χ0n) is 9.87. The summed E-state index contributed by atoms with van der Waals surface area (Å²) in [6.45, 7) is 2.36. The van der Waals surface area contributed by atoms with Crippen molar-refractivity contribution in [1.29, 1.82) is 0 Å². The SMILES string of the molecule is CNCCNc1cnn(CC2CC2)c(=O)c1Br. The second-order valence-electron chi connectivity index (χ2n) is 4.33. The molecule has 1 saturated carbocycles. The van der Waals surface area contributed by atoms with Crippen LogP contribution in [0, 0.1) is 5.92 Å². The number of rotatable bonds is 6. The monoisotopic (exact) mass is 300 g/mol. The fraction of sp³-hybridized carbons (Fsp3) is 0.636. The number of likely N-dealkylation sites (N-methyl/N-ethyl adjacent to an activating group) is 1. The van der Waals surface area contributed by atoms with E-state index in [0.29, 0.717) is 10.4 Å². The summed E-state index contributed by atoms with van der Waals surface area (Å²) in [6, 6.07) is 0. The molecule has 1 aliphatic rings. The van der Waals surface area contributed by atoms with Crippen LogP contribution in [0.5, 0.6) is 0 Å². The summed E-state index contributed by atoms with van der Waals surface area (Å²) in [4.78, 5) is 12.0. The topological polar surface area (TPSA) is 59.0 Å². The maximum atomic E-state index is 12.0. The van der Waals surface area contributed by atoms with Crippen LogP contribution in [0.1, 0.15) is 12.8 Å². The predicted octanol–water partition coefficient (Wildman–Crippen LogP) is 1.05. The molecule has 0 saturated heterocycles. The maximum absolute atomic E-state index is 12.0. The van der Waals surface area contributed by atoms with Gasteiger partial charge in [-0.25, -0.2) is 4.68 Å². The van der Waals surface area contributed by atoms with Gasteiger partial charge in [0.1, 0.15) is 4.47 Å². The average Bonchev–Trinajstić information content (AvgIpc) is 3.12. The highest BCUT2D eigenvalue weighted by molar-refractivity contribution is 9.10. The lowest BCUT2D eigenvalue weighted by Crippen LogP contribution is -2.26. The number of aromatic nitrogens is 2. The minimum absolute atomic E-state index is 0.0497. The zero-order chi connectivity index (χ0) is 12.3. The van der Waals surface area contributed by atoms with Gasteiger partial charge in [-0.2, -0.15) is 5.10 Å². The highest BCUT2D eigenvalue weighted by Crippen LogP contribution is 2.30. The number of nitrogens with one attached hydrogen (secondary N) is 2. The van der Waals surface area contributed by atoms with Crippen LogP contribution in [-0.2, 0) is 6.54 Å². The molecule has 0 amide bonds. The Bertz CT molecular complexity index is 442. The second-order valence-corrected chi connectivity index (χ2v) is 5.13. The summed E-state index contributed by atoms with van der Waals surface area (Å²) in [6.07, 6.45) is 4.14. The van der Waals surface area contributed by atoms with Crippen LogP contribution in [0.25, 0.3) is 0 Å². The number of hydrogen-bond donors (Lipinski definition) is 2. The van der Waals surface area contributed by atoms with E-state index in [1.54, 1.807) is 10.9 Å². The molecule has 1 heterocycles. The molecule has 0 aromatic carbocycles. The Morgan fingerprint density at radius 3 is 2.94 bits per heavy atom. The molecule has 0 atom stereocenters. The smallest absolute Gasteiger partial charge is 0.283 e. The molecule has 6 heteroatoms. The van der Waals surface area contributed by atoms with Crippen molar-refractivity contribution in [2.45, 2.75) is 19.4 Å². The van der Waals surface area contributed by atoms with E-state index in [0.717, 1.165) is 25.3 Å². The molecule has 0 radical (unpaired) electrons. The van der Waals surface area contributed by atoms with E-state index >= 15 is 0 Å². The molecule has 0 bridgehead atoms. The molecule has 2 N–H and O–H groups in total.